The van der Waals surface area contributed by atoms with E-state index in [1.807, 2.05) is 37.4 Å². The molecule has 0 aliphatic heterocycles. The normalized spacial score (nSPS) is 10.8. The molecule has 2 aromatic heterocycles. The van der Waals surface area contributed by atoms with Crippen LogP contribution in [0.25, 0.3) is 0 Å². The van der Waals surface area contributed by atoms with E-state index in [0.717, 1.165) is 11.3 Å². The van der Waals surface area contributed by atoms with Gasteiger partial charge in [-0.15, -0.1) is 0 Å². The summed E-state index contributed by atoms with van der Waals surface area (Å²) in [6, 6.07) is 7.55. The van der Waals surface area contributed by atoms with Gasteiger partial charge in [0.2, 0.25) is 0 Å². The molecule has 0 aliphatic rings. The van der Waals surface area contributed by atoms with Gasteiger partial charge in [-0.2, -0.15) is 10.2 Å². The quantitative estimate of drug-likeness (QED) is 0.717. The second-order valence-electron chi connectivity index (χ2n) is 5.37. The summed E-state index contributed by atoms with van der Waals surface area (Å²) in [4.78, 5) is 12.4. The fraction of sp³-hybridized carbons (Fsp3) is 0.188. The minimum atomic E-state index is -0.238. The number of nitrogens with one attached hydrogen (secondary N) is 1. The molecular weight excluding hydrogens is 394 g/mol. The van der Waals surface area contributed by atoms with Crippen LogP contribution in [0, 0.1) is 6.92 Å². The van der Waals surface area contributed by atoms with E-state index < -0.39 is 0 Å². The van der Waals surface area contributed by atoms with Gasteiger partial charge in [0, 0.05) is 24.0 Å². The van der Waals surface area contributed by atoms with Gasteiger partial charge in [-0.25, -0.2) is 0 Å². The Hall–Kier alpha value is -2.12. The lowest BCUT2D eigenvalue weighted by atomic mass is 10.2. The van der Waals surface area contributed by atoms with Crippen molar-refractivity contribution in [1.82, 2.24) is 19.6 Å². The Kier molecular flexibility index (Phi) is 4.73. The molecule has 0 spiro atoms. The van der Waals surface area contributed by atoms with Crippen LogP contribution >= 0.6 is 27.5 Å². The average Bonchev–Trinajstić information content (AvgIpc) is 3.05. The predicted molar refractivity (Wildman–Crippen MR) is 96.4 cm³/mol. The molecule has 3 rings (SSSR count). The van der Waals surface area contributed by atoms with Gasteiger partial charge in [-0.05, 0) is 40.5 Å². The number of aryl methyl sites for hydroxylation is 1. The van der Waals surface area contributed by atoms with Crippen LogP contribution in [0.3, 0.4) is 0 Å². The number of hydrogen-bond donors (Lipinski definition) is 1. The Labute approximate surface area is 152 Å². The average molecular weight is 409 g/mol. The number of halogens is 2. The van der Waals surface area contributed by atoms with Crippen molar-refractivity contribution in [1.29, 1.82) is 0 Å². The molecule has 0 saturated carbocycles. The van der Waals surface area contributed by atoms with Gasteiger partial charge in [-0.1, -0.05) is 23.7 Å². The largest absolute Gasteiger partial charge is 0.304 e. The molecule has 1 N–H and O–H groups in total. The first kappa shape index (κ1) is 16.7. The monoisotopic (exact) mass is 407 g/mol. The molecule has 3 aromatic rings. The molecule has 8 heteroatoms. The van der Waals surface area contributed by atoms with Crippen LogP contribution in [0.5, 0.6) is 0 Å². The summed E-state index contributed by atoms with van der Waals surface area (Å²) in [5, 5.41) is 12.0. The minimum Gasteiger partial charge on any atom is -0.304 e. The lowest BCUT2D eigenvalue weighted by molar-refractivity contribution is 0.102. The van der Waals surface area contributed by atoms with Crippen LogP contribution in [-0.2, 0) is 13.6 Å². The van der Waals surface area contributed by atoms with Gasteiger partial charge in [0.25, 0.3) is 5.91 Å². The molecule has 0 unspecified atom stereocenters. The van der Waals surface area contributed by atoms with Crippen molar-refractivity contribution in [2.45, 2.75) is 13.5 Å². The lowest BCUT2D eigenvalue weighted by Gasteiger charge is -2.03. The number of aromatic nitrogens is 4. The molecule has 124 valence electrons. The second kappa shape index (κ2) is 6.78. The van der Waals surface area contributed by atoms with Crippen molar-refractivity contribution in [3.63, 3.8) is 0 Å². The van der Waals surface area contributed by atoms with Crippen LogP contribution in [0.15, 0.2) is 41.1 Å². The van der Waals surface area contributed by atoms with Gasteiger partial charge < -0.3 is 5.32 Å². The number of amides is 1. The number of benzene rings is 1. The van der Waals surface area contributed by atoms with Crippen molar-refractivity contribution in [2.24, 2.45) is 7.05 Å². The molecule has 1 aromatic carbocycles. The first-order chi connectivity index (χ1) is 11.4. The van der Waals surface area contributed by atoms with Gasteiger partial charge in [0.05, 0.1) is 22.8 Å². The summed E-state index contributed by atoms with van der Waals surface area (Å²) < 4.78 is 4.12. The number of carbonyl (C=O) groups excluding carboxylic acids is 1. The van der Waals surface area contributed by atoms with Crippen LogP contribution in [0.4, 0.5) is 5.82 Å². The number of rotatable bonds is 4. The third kappa shape index (κ3) is 3.52. The maximum absolute atomic E-state index is 12.4. The fourth-order valence-electron chi connectivity index (χ4n) is 2.24. The molecule has 0 saturated heterocycles. The molecule has 0 aliphatic carbocycles. The highest BCUT2D eigenvalue weighted by molar-refractivity contribution is 9.10. The van der Waals surface area contributed by atoms with Crippen molar-refractivity contribution in [2.75, 3.05) is 5.32 Å². The number of nitrogens with zero attached hydrogens (tertiary/aromatic N) is 4. The van der Waals surface area contributed by atoms with E-state index in [4.69, 9.17) is 11.6 Å². The van der Waals surface area contributed by atoms with Gasteiger partial charge in [0.1, 0.15) is 0 Å². The number of carbonyl (C=O) groups is 1. The van der Waals surface area contributed by atoms with Crippen molar-refractivity contribution in [3.05, 3.63) is 63.0 Å². The van der Waals surface area contributed by atoms with E-state index in [0.29, 0.717) is 27.4 Å². The zero-order valence-corrected chi connectivity index (χ0v) is 15.5. The summed E-state index contributed by atoms with van der Waals surface area (Å²) in [7, 11) is 1.79. The number of hydrogen-bond acceptors (Lipinski definition) is 3. The highest BCUT2D eigenvalue weighted by atomic mass is 79.9. The Morgan fingerprint density at radius 3 is 2.67 bits per heavy atom. The summed E-state index contributed by atoms with van der Waals surface area (Å²) in [6.45, 7) is 2.42. The molecule has 2 heterocycles. The number of anilines is 1. The Morgan fingerprint density at radius 2 is 2.04 bits per heavy atom. The zero-order chi connectivity index (χ0) is 17.3. The summed E-state index contributed by atoms with van der Waals surface area (Å²) in [5.41, 5.74) is 2.39. The third-order valence-corrected chi connectivity index (χ3v) is 4.52. The minimum absolute atomic E-state index is 0.238. The molecule has 1 amide bonds. The first-order valence-corrected chi connectivity index (χ1v) is 8.38. The van der Waals surface area contributed by atoms with Crippen molar-refractivity contribution >= 4 is 39.3 Å². The molecule has 0 fully saturated rings. The molecular formula is C16H15BrClN5O. The van der Waals surface area contributed by atoms with E-state index in [2.05, 4.69) is 31.4 Å². The maximum Gasteiger partial charge on any atom is 0.260 e. The Morgan fingerprint density at radius 1 is 1.33 bits per heavy atom. The summed E-state index contributed by atoms with van der Waals surface area (Å²) in [6.07, 6.45) is 3.36. The van der Waals surface area contributed by atoms with Gasteiger partial charge in [0.15, 0.2) is 5.82 Å². The Bertz CT molecular complexity index is 885. The van der Waals surface area contributed by atoms with E-state index in [1.165, 1.54) is 0 Å². The summed E-state index contributed by atoms with van der Waals surface area (Å²) in [5.74, 6) is 0.232. The van der Waals surface area contributed by atoms with E-state index in [1.54, 1.807) is 22.6 Å². The van der Waals surface area contributed by atoms with E-state index in [-0.39, 0.29) is 5.91 Å². The molecule has 24 heavy (non-hydrogen) atoms. The first-order valence-electron chi connectivity index (χ1n) is 7.21. The molecule has 0 atom stereocenters. The lowest BCUT2D eigenvalue weighted by Crippen LogP contribution is -2.14. The van der Waals surface area contributed by atoms with Crippen molar-refractivity contribution in [3.8, 4) is 0 Å². The van der Waals surface area contributed by atoms with Crippen molar-refractivity contribution < 1.29 is 4.79 Å². The fourth-order valence-corrected chi connectivity index (χ4v) is 2.78. The smallest absolute Gasteiger partial charge is 0.260 e. The van der Waals surface area contributed by atoms with Crippen LogP contribution < -0.4 is 5.32 Å². The predicted octanol–water partition coefficient (Wildman–Crippen LogP) is 3.64. The van der Waals surface area contributed by atoms with E-state index in [9.17, 15) is 4.79 Å². The van der Waals surface area contributed by atoms with E-state index >= 15 is 0 Å². The highest BCUT2D eigenvalue weighted by Crippen LogP contribution is 2.22. The molecule has 0 bridgehead atoms. The van der Waals surface area contributed by atoms with Crippen LogP contribution in [-0.4, -0.2) is 25.5 Å². The summed E-state index contributed by atoms with van der Waals surface area (Å²) >= 11 is 9.32. The Balaban J connectivity index is 1.75. The zero-order valence-electron chi connectivity index (χ0n) is 13.1. The molecule has 0 radical (unpaired) electrons. The standard InChI is InChI=1S/C16H15BrClN5O/c1-10-13(7-19-22(10)2)16(24)20-15-14(17)9-23(21-15)8-11-3-5-12(18)6-4-11/h3-7,9H,8H2,1-2H3,(H,20,21,24). The second-order valence-corrected chi connectivity index (χ2v) is 6.66. The molecule has 6 nitrogen and oxygen atoms in total. The van der Waals surface area contributed by atoms with Gasteiger partial charge in [-0.3, -0.25) is 14.2 Å². The maximum atomic E-state index is 12.4. The highest BCUT2D eigenvalue weighted by Gasteiger charge is 2.16. The van der Waals surface area contributed by atoms with Gasteiger partial charge >= 0.3 is 0 Å². The SMILES string of the molecule is Cc1c(C(=O)Nc2nn(Cc3ccc(Cl)cc3)cc2Br)cnn1C. The van der Waals surface area contributed by atoms with Crippen LogP contribution in [0.2, 0.25) is 5.02 Å². The van der Waals surface area contributed by atoms with Crippen LogP contribution in [0.1, 0.15) is 21.6 Å². The topological polar surface area (TPSA) is 64.7 Å². The third-order valence-electron chi connectivity index (χ3n) is 3.69.